The molecule has 1 aromatic rings. The molecule has 1 saturated heterocycles. The quantitative estimate of drug-likeness (QED) is 0.132. The number of piperidine rings is 1. The molecule has 0 spiro atoms. The van der Waals surface area contributed by atoms with E-state index in [1.165, 1.54) is 63.4 Å². The van der Waals surface area contributed by atoms with E-state index in [0.717, 1.165) is 45.2 Å². The van der Waals surface area contributed by atoms with E-state index in [1.54, 1.807) is 0 Å². The lowest BCUT2D eigenvalue weighted by Gasteiger charge is -2.23. The molecule has 40 heavy (non-hydrogen) atoms. The van der Waals surface area contributed by atoms with Crippen LogP contribution in [0.1, 0.15) is 125 Å². The summed E-state index contributed by atoms with van der Waals surface area (Å²) >= 11 is 0. The second-order valence-electron chi connectivity index (χ2n) is 11.0. The van der Waals surface area contributed by atoms with Crippen molar-refractivity contribution in [2.45, 2.75) is 115 Å². The molecule has 1 aliphatic heterocycles. The molecule has 0 radical (unpaired) electrons. The first-order valence-corrected chi connectivity index (χ1v) is 15.7. The van der Waals surface area contributed by atoms with E-state index >= 15 is 0 Å². The number of rotatable bonds is 23. The topological polar surface area (TPSA) is 103 Å². The normalized spacial score (nSPS) is 14.4. The molecule has 0 saturated carbocycles. The predicted octanol–water partition coefficient (Wildman–Crippen LogP) is 6.28. The van der Waals surface area contributed by atoms with Gasteiger partial charge in [-0.2, -0.15) is 0 Å². The Labute approximate surface area is 249 Å². The zero-order chi connectivity index (χ0) is 28.0. The molecule has 2 amide bonds. The van der Waals surface area contributed by atoms with Gasteiger partial charge in [0.15, 0.2) is 0 Å². The summed E-state index contributed by atoms with van der Waals surface area (Å²) in [4.78, 5) is 23.9. The lowest BCUT2D eigenvalue weighted by atomic mass is 9.89. The first-order valence-electron chi connectivity index (χ1n) is 15.7. The van der Waals surface area contributed by atoms with Crippen LogP contribution in [0.4, 0.5) is 0 Å². The molecule has 0 bridgehead atoms. The molecule has 0 aromatic heterocycles. The number of hydrogen-bond donors (Lipinski definition) is 3. The first-order chi connectivity index (χ1) is 19.1. The van der Waals surface area contributed by atoms with Crippen molar-refractivity contribution < 1.29 is 19.1 Å². The summed E-state index contributed by atoms with van der Waals surface area (Å²) in [6.07, 6.45) is 16.8. The van der Waals surface area contributed by atoms with Crippen molar-refractivity contribution in [2.24, 2.45) is 5.73 Å². The SMILES string of the molecule is CCCCCCCCCCCCOC(CNC(=O)c1cccc(C2CCNCC2)c1)COCCCCC(N)=O.Cl. The van der Waals surface area contributed by atoms with Crippen molar-refractivity contribution in [3.63, 3.8) is 0 Å². The van der Waals surface area contributed by atoms with Crippen molar-refractivity contribution in [3.8, 4) is 0 Å². The number of ether oxygens (including phenoxy) is 2. The van der Waals surface area contributed by atoms with Crippen molar-refractivity contribution in [2.75, 3.05) is 39.5 Å². The third-order valence-electron chi connectivity index (χ3n) is 7.57. The highest BCUT2D eigenvalue weighted by Gasteiger charge is 2.17. The molecule has 8 heteroatoms. The molecule has 4 N–H and O–H groups in total. The lowest BCUT2D eigenvalue weighted by Crippen LogP contribution is -2.37. The van der Waals surface area contributed by atoms with Crippen LogP contribution >= 0.6 is 12.4 Å². The molecule has 1 fully saturated rings. The molecule has 230 valence electrons. The highest BCUT2D eigenvalue weighted by Crippen LogP contribution is 2.25. The second kappa shape index (κ2) is 24.0. The Bertz CT molecular complexity index is 789. The zero-order valence-electron chi connectivity index (χ0n) is 24.9. The molecule has 1 atom stereocenters. The van der Waals surface area contributed by atoms with E-state index in [1.807, 2.05) is 18.2 Å². The van der Waals surface area contributed by atoms with Crippen LogP contribution in [0.2, 0.25) is 0 Å². The number of carbonyl (C=O) groups is 2. The number of carbonyl (C=O) groups excluding carboxylic acids is 2. The fraction of sp³-hybridized carbons (Fsp3) is 0.750. The fourth-order valence-corrected chi connectivity index (χ4v) is 5.12. The molecular formula is C32H56ClN3O4. The number of unbranched alkanes of at least 4 members (excludes halogenated alkanes) is 10. The van der Waals surface area contributed by atoms with Gasteiger partial charge in [-0.1, -0.05) is 76.8 Å². The smallest absolute Gasteiger partial charge is 0.251 e. The van der Waals surface area contributed by atoms with E-state index in [0.29, 0.717) is 44.3 Å². The molecule has 7 nitrogen and oxygen atoms in total. The second-order valence-corrected chi connectivity index (χ2v) is 11.0. The van der Waals surface area contributed by atoms with Crippen molar-refractivity contribution >= 4 is 24.2 Å². The Morgan fingerprint density at radius 3 is 2.27 bits per heavy atom. The summed E-state index contributed by atoms with van der Waals surface area (Å²) in [6, 6.07) is 8.05. The van der Waals surface area contributed by atoms with Crippen molar-refractivity contribution in [1.29, 1.82) is 0 Å². The average Bonchev–Trinajstić information content (AvgIpc) is 2.96. The monoisotopic (exact) mass is 581 g/mol. The fourth-order valence-electron chi connectivity index (χ4n) is 5.12. The van der Waals surface area contributed by atoms with Gasteiger partial charge in [0, 0.05) is 31.7 Å². The Hall–Kier alpha value is -1.67. The number of primary amides is 1. The number of amides is 2. The van der Waals surface area contributed by atoms with Gasteiger partial charge in [-0.05, 0) is 68.8 Å². The van der Waals surface area contributed by atoms with Crippen molar-refractivity contribution in [3.05, 3.63) is 35.4 Å². The molecule has 1 heterocycles. The molecule has 1 aromatic carbocycles. The standard InChI is InChI=1S/C32H55N3O4.ClH/c1-2-3-4-5-6-7-8-9-10-12-23-39-30(26-38-22-13-11-17-31(33)36)25-35-32(37)29-16-14-15-28(24-29)27-18-20-34-21-19-27;/h14-16,24,27,30,34H,2-13,17-23,25-26H2,1H3,(H2,33,36)(H,35,37);1H. The molecule has 1 aliphatic rings. The summed E-state index contributed by atoms with van der Waals surface area (Å²) in [6.45, 7) is 6.38. The first kappa shape index (κ1) is 36.4. The van der Waals surface area contributed by atoms with Crippen LogP contribution in [0.3, 0.4) is 0 Å². The van der Waals surface area contributed by atoms with Gasteiger partial charge in [0.05, 0.1) is 12.7 Å². The molecule has 0 aliphatic carbocycles. The number of nitrogens with two attached hydrogens (primary N) is 1. The number of nitrogens with one attached hydrogen (secondary N) is 2. The predicted molar refractivity (Wildman–Crippen MR) is 166 cm³/mol. The van der Waals surface area contributed by atoms with E-state index in [4.69, 9.17) is 15.2 Å². The maximum Gasteiger partial charge on any atom is 0.251 e. The minimum atomic E-state index is -0.278. The maximum atomic E-state index is 13.0. The average molecular weight is 582 g/mol. The summed E-state index contributed by atoms with van der Waals surface area (Å²) in [5.41, 5.74) is 7.16. The third kappa shape index (κ3) is 17.2. The van der Waals surface area contributed by atoms with E-state index < -0.39 is 0 Å². The van der Waals surface area contributed by atoms with Crippen molar-refractivity contribution in [1.82, 2.24) is 10.6 Å². The number of benzene rings is 1. The van der Waals surface area contributed by atoms with E-state index in [2.05, 4.69) is 23.6 Å². The van der Waals surface area contributed by atoms with E-state index in [-0.39, 0.29) is 30.3 Å². The van der Waals surface area contributed by atoms with Crippen LogP contribution in [0, 0.1) is 0 Å². The minimum absolute atomic E-state index is 0. The third-order valence-corrected chi connectivity index (χ3v) is 7.57. The molecule has 1 unspecified atom stereocenters. The van der Waals surface area contributed by atoms with Crippen LogP contribution in [-0.4, -0.2) is 57.4 Å². The van der Waals surface area contributed by atoms with Crippen LogP contribution in [0.5, 0.6) is 0 Å². The maximum absolute atomic E-state index is 13.0. The Kier molecular flexibility index (Phi) is 21.8. The van der Waals surface area contributed by atoms with Gasteiger partial charge in [0.25, 0.3) is 5.91 Å². The summed E-state index contributed by atoms with van der Waals surface area (Å²) in [7, 11) is 0. The van der Waals surface area contributed by atoms with Crippen LogP contribution < -0.4 is 16.4 Å². The van der Waals surface area contributed by atoms with Gasteiger partial charge in [0.2, 0.25) is 5.91 Å². The summed E-state index contributed by atoms with van der Waals surface area (Å²) in [5, 5.41) is 6.47. The number of hydrogen-bond acceptors (Lipinski definition) is 5. The minimum Gasteiger partial charge on any atom is -0.379 e. The largest absolute Gasteiger partial charge is 0.379 e. The van der Waals surface area contributed by atoms with Crippen LogP contribution in [-0.2, 0) is 14.3 Å². The van der Waals surface area contributed by atoms with Gasteiger partial charge in [0.1, 0.15) is 0 Å². The summed E-state index contributed by atoms with van der Waals surface area (Å²) < 4.78 is 12.0. The van der Waals surface area contributed by atoms with Gasteiger partial charge in [-0.3, -0.25) is 9.59 Å². The van der Waals surface area contributed by atoms with Crippen LogP contribution in [0.25, 0.3) is 0 Å². The highest BCUT2D eigenvalue weighted by atomic mass is 35.5. The Balaban J connectivity index is 0.00000800. The highest BCUT2D eigenvalue weighted by molar-refractivity contribution is 5.94. The van der Waals surface area contributed by atoms with Gasteiger partial charge in [-0.15, -0.1) is 12.4 Å². The van der Waals surface area contributed by atoms with Gasteiger partial charge >= 0.3 is 0 Å². The zero-order valence-corrected chi connectivity index (χ0v) is 25.7. The molecular weight excluding hydrogens is 526 g/mol. The molecule has 2 rings (SSSR count). The van der Waals surface area contributed by atoms with E-state index in [9.17, 15) is 9.59 Å². The summed E-state index contributed by atoms with van der Waals surface area (Å²) in [5.74, 6) is 0.165. The van der Waals surface area contributed by atoms with Crippen LogP contribution in [0.15, 0.2) is 24.3 Å². The van der Waals surface area contributed by atoms with Gasteiger partial charge in [-0.25, -0.2) is 0 Å². The Morgan fingerprint density at radius 2 is 1.60 bits per heavy atom. The Morgan fingerprint density at radius 1 is 0.950 bits per heavy atom. The number of halogens is 1. The van der Waals surface area contributed by atoms with Gasteiger partial charge < -0.3 is 25.8 Å². The lowest BCUT2D eigenvalue weighted by molar-refractivity contribution is -0.118.